The van der Waals surface area contributed by atoms with Crippen molar-refractivity contribution in [2.24, 2.45) is 17.8 Å². The molecule has 0 amide bonds. The van der Waals surface area contributed by atoms with Crippen molar-refractivity contribution >= 4 is 63.1 Å². The fourth-order valence-corrected chi connectivity index (χ4v) is 4.38. The molecular weight excluding hydrogens is 316 g/mol. The van der Waals surface area contributed by atoms with Gasteiger partial charge in [-0.25, -0.2) is 0 Å². The number of hydrogen-bond donors (Lipinski definition) is 5. The number of hydrogen-bond acceptors (Lipinski definition) is 5. The lowest BCUT2D eigenvalue weighted by Crippen LogP contribution is -2.22. The molecule has 0 rings (SSSR count). The highest BCUT2D eigenvalue weighted by atomic mass is 32.1. The van der Waals surface area contributed by atoms with Gasteiger partial charge in [0.25, 0.3) is 0 Å². The van der Waals surface area contributed by atoms with Crippen LogP contribution in [-0.2, 0) is 0 Å². The quantitative estimate of drug-likeness (QED) is 0.318. The Balaban J connectivity index is 4.39. The molecule has 0 aromatic rings. The molecule has 0 bridgehead atoms. The third-order valence-electron chi connectivity index (χ3n) is 3.61. The molecule has 0 aromatic heterocycles. The second-order valence-electron chi connectivity index (χ2n) is 4.85. The first-order chi connectivity index (χ1) is 8.73. The Bertz CT molecular complexity index is 165. The first kappa shape index (κ1) is 19.8. The minimum Gasteiger partial charge on any atom is -0.179 e. The van der Waals surface area contributed by atoms with Gasteiger partial charge in [0, 0.05) is 0 Å². The zero-order valence-electron chi connectivity index (χ0n) is 11.0. The molecule has 0 saturated heterocycles. The molecule has 0 fully saturated rings. The van der Waals surface area contributed by atoms with E-state index >= 15 is 0 Å². The molecule has 0 radical (unpaired) electrons. The Hall–Kier alpha value is 1.75. The van der Waals surface area contributed by atoms with Crippen LogP contribution in [0.15, 0.2) is 0 Å². The van der Waals surface area contributed by atoms with Crippen molar-refractivity contribution in [1.29, 1.82) is 0 Å². The van der Waals surface area contributed by atoms with Gasteiger partial charge in [-0.3, -0.25) is 0 Å². The summed E-state index contributed by atoms with van der Waals surface area (Å²) in [6.45, 7) is 0. The van der Waals surface area contributed by atoms with E-state index in [1.54, 1.807) is 0 Å². The van der Waals surface area contributed by atoms with E-state index in [2.05, 4.69) is 63.1 Å². The van der Waals surface area contributed by atoms with E-state index in [1.807, 2.05) is 0 Å². The Morgan fingerprint density at radius 2 is 1.00 bits per heavy atom. The van der Waals surface area contributed by atoms with Crippen LogP contribution in [-0.4, -0.2) is 28.8 Å². The highest BCUT2D eigenvalue weighted by Crippen LogP contribution is 2.31. The molecular formula is C13H28S5. The van der Waals surface area contributed by atoms with Crippen LogP contribution in [0.3, 0.4) is 0 Å². The third kappa shape index (κ3) is 8.83. The molecule has 0 aliphatic heterocycles. The third-order valence-corrected chi connectivity index (χ3v) is 5.11. The van der Waals surface area contributed by atoms with Gasteiger partial charge in [-0.1, -0.05) is 0 Å². The van der Waals surface area contributed by atoms with Crippen LogP contribution in [0.1, 0.15) is 32.1 Å². The number of thiol groups is 5. The smallest absolute Gasteiger partial charge is 0.00667 e. The van der Waals surface area contributed by atoms with Crippen LogP contribution in [0.25, 0.3) is 0 Å². The average Bonchev–Trinajstić information content (AvgIpc) is 2.36. The molecule has 18 heavy (non-hydrogen) atoms. The predicted molar refractivity (Wildman–Crippen MR) is 103 cm³/mol. The van der Waals surface area contributed by atoms with E-state index < -0.39 is 0 Å². The fourth-order valence-electron chi connectivity index (χ4n) is 2.54. The van der Waals surface area contributed by atoms with Crippen molar-refractivity contribution in [3.05, 3.63) is 0 Å². The average molecular weight is 345 g/mol. The normalized spacial score (nSPS) is 13.5. The van der Waals surface area contributed by atoms with Crippen molar-refractivity contribution in [2.75, 3.05) is 28.8 Å². The Morgan fingerprint density at radius 1 is 0.556 bits per heavy atom. The van der Waals surface area contributed by atoms with E-state index in [9.17, 15) is 0 Å². The maximum absolute atomic E-state index is 4.56. The molecule has 0 N–H and O–H groups in total. The monoisotopic (exact) mass is 344 g/mol. The van der Waals surface area contributed by atoms with Crippen LogP contribution >= 0.6 is 63.1 Å². The van der Waals surface area contributed by atoms with E-state index in [0.717, 1.165) is 40.6 Å². The first-order valence-corrected chi connectivity index (χ1v) is 9.93. The van der Waals surface area contributed by atoms with E-state index in [1.165, 1.54) is 32.1 Å². The van der Waals surface area contributed by atoms with Gasteiger partial charge in [0.15, 0.2) is 0 Å². The molecule has 0 spiro atoms. The molecule has 1 unspecified atom stereocenters. The topological polar surface area (TPSA) is 0 Å². The van der Waals surface area contributed by atoms with E-state index in [0.29, 0.717) is 5.92 Å². The summed E-state index contributed by atoms with van der Waals surface area (Å²) < 4.78 is 0. The second-order valence-corrected chi connectivity index (χ2v) is 7.01. The van der Waals surface area contributed by atoms with E-state index in [-0.39, 0.29) is 0 Å². The van der Waals surface area contributed by atoms with Crippen LogP contribution in [0.5, 0.6) is 0 Å². The Morgan fingerprint density at radius 3 is 1.33 bits per heavy atom. The molecule has 0 aromatic carbocycles. The predicted octanol–water partition coefficient (Wildman–Crippen LogP) is 4.43. The lowest BCUT2D eigenvalue weighted by atomic mass is 9.81. The van der Waals surface area contributed by atoms with Crippen molar-refractivity contribution in [3.63, 3.8) is 0 Å². The minimum absolute atomic E-state index is 0.692. The first-order valence-electron chi connectivity index (χ1n) is 6.77. The Labute approximate surface area is 141 Å². The summed E-state index contributed by atoms with van der Waals surface area (Å²) >= 11 is 22.1. The number of rotatable bonds is 12. The van der Waals surface area contributed by atoms with Gasteiger partial charge in [-0.05, 0) is 78.6 Å². The summed E-state index contributed by atoms with van der Waals surface area (Å²) in [5.41, 5.74) is 0. The van der Waals surface area contributed by atoms with Crippen molar-refractivity contribution in [2.45, 2.75) is 32.1 Å². The highest BCUT2D eigenvalue weighted by Gasteiger charge is 2.22. The summed E-state index contributed by atoms with van der Waals surface area (Å²) in [4.78, 5) is 0. The lowest BCUT2D eigenvalue weighted by Gasteiger charge is -2.29. The lowest BCUT2D eigenvalue weighted by molar-refractivity contribution is 0.274. The van der Waals surface area contributed by atoms with Gasteiger partial charge < -0.3 is 0 Å². The summed E-state index contributed by atoms with van der Waals surface area (Å²) in [5, 5.41) is 0. The van der Waals surface area contributed by atoms with Crippen molar-refractivity contribution in [1.82, 2.24) is 0 Å². The molecule has 0 nitrogen and oxygen atoms in total. The van der Waals surface area contributed by atoms with Crippen LogP contribution in [0.2, 0.25) is 0 Å². The maximum Gasteiger partial charge on any atom is -0.00667 e. The molecule has 1 atom stereocenters. The summed E-state index contributed by atoms with van der Waals surface area (Å²) in [6, 6.07) is 0. The van der Waals surface area contributed by atoms with Crippen LogP contribution < -0.4 is 0 Å². The summed E-state index contributed by atoms with van der Waals surface area (Å²) in [7, 11) is 0. The molecule has 110 valence electrons. The fraction of sp³-hybridized carbons (Fsp3) is 1.00. The van der Waals surface area contributed by atoms with Gasteiger partial charge >= 0.3 is 0 Å². The van der Waals surface area contributed by atoms with Gasteiger partial charge in [0.05, 0.1) is 0 Å². The summed E-state index contributed by atoms with van der Waals surface area (Å²) in [5.74, 6) is 7.01. The van der Waals surface area contributed by atoms with Crippen molar-refractivity contribution in [3.8, 4) is 0 Å². The molecule has 0 heterocycles. The van der Waals surface area contributed by atoms with Gasteiger partial charge in [-0.15, -0.1) is 0 Å². The van der Waals surface area contributed by atoms with Crippen LogP contribution in [0, 0.1) is 17.8 Å². The van der Waals surface area contributed by atoms with Gasteiger partial charge in [0.1, 0.15) is 0 Å². The standard InChI is InChI=1S/C13H28S5/c14-5-1-11(2-6-15)9-13(10-18)12(3-7-16)4-8-17/h11-18H,1-10H2. The molecule has 0 aliphatic rings. The zero-order chi connectivity index (χ0) is 13.8. The van der Waals surface area contributed by atoms with Crippen molar-refractivity contribution < 1.29 is 0 Å². The Kier molecular flexibility index (Phi) is 15.1. The second kappa shape index (κ2) is 13.7. The molecule has 0 saturated carbocycles. The maximum atomic E-state index is 4.56. The van der Waals surface area contributed by atoms with Gasteiger partial charge in [-0.2, -0.15) is 63.1 Å². The molecule has 0 aliphatic carbocycles. The van der Waals surface area contributed by atoms with Gasteiger partial charge in [0.2, 0.25) is 0 Å². The largest absolute Gasteiger partial charge is 0.179 e. The minimum atomic E-state index is 0.692. The van der Waals surface area contributed by atoms with Crippen LogP contribution in [0.4, 0.5) is 0 Å². The zero-order valence-corrected chi connectivity index (χ0v) is 15.5. The van der Waals surface area contributed by atoms with E-state index in [4.69, 9.17) is 0 Å². The summed E-state index contributed by atoms with van der Waals surface area (Å²) in [6.07, 6.45) is 6.02. The molecule has 5 heteroatoms. The highest BCUT2D eigenvalue weighted by molar-refractivity contribution is 7.80. The SMILES string of the molecule is SCCC(CCS)CC(CS)C(CCS)CCS.